The first-order chi connectivity index (χ1) is 10.2. The van der Waals surface area contributed by atoms with Crippen LogP contribution < -0.4 is 5.32 Å². The van der Waals surface area contributed by atoms with Crippen molar-refractivity contribution in [1.29, 1.82) is 5.26 Å². The normalized spacial score (nSPS) is 10.3. The molecule has 3 rings (SSSR count). The van der Waals surface area contributed by atoms with Gasteiger partial charge in [-0.15, -0.1) is 0 Å². The van der Waals surface area contributed by atoms with E-state index < -0.39 is 0 Å². The quantitative estimate of drug-likeness (QED) is 0.754. The van der Waals surface area contributed by atoms with Crippen LogP contribution >= 0.6 is 0 Å². The lowest BCUT2D eigenvalue weighted by Crippen LogP contribution is -2.12. The first kappa shape index (κ1) is 12.9. The highest BCUT2D eigenvalue weighted by Gasteiger charge is 2.08. The smallest absolute Gasteiger partial charge is 0.255 e. The average molecular weight is 276 g/mol. The number of carbonyl (C=O) groups excluding carboxylic acids is 1. The molecule has 0 fully saturated rings. The molecule has 2 heterocycles. The molecule has 0 saturated carbocycles. The number of pyridine rings is 1. The number of fused-ring (bicyclic) bond motifs is 1. The summed E-state index contributed by atoms with van der Waals surface area (Å²) in [5.41, 5.74) is 3.32. The van der Waals surface area contributed by atoms with Crippen LogP contribution in [0.5, 0.6) is 0 Å². The lowest BCUT2D eigenvalue weighted by Gasteiger charge is -2.05. The van der Waals surface area contributed by atoms with Crippen LogP contribution in [0.2, 0.25) is 0 Å². The molecular formula is C16H12N4O. The van der Waals surface area contributed by atoms with Crippen molar-refractivity contribution in [3.8, 4) is 6.07 Å². The Labute approximate surface area is 121 Å². The Balaban J connectivity index is 1.87. The predicted octanol–water partition coefficient (Wildman–Crippen LogP) is 3.00. The van der Waals surface area contributed by atoms with Gasteiger partial charge in [0.2, 0.25) is 0 Å². The number of amides is 1. The van der Waals surface area contributed by atoms with Gasteiger partial charge in [-0.25, -0.2) is 4.98 Å². The van der Waals surface area contributed by atoms with E-state index in [0.29, 0.717) is 16.8 Å². The molecule has 0 aliphatic rings. The average Bonchev–Trinajstić information content (AvgIpc) is 2.86. The molecule has 3 aromatic rings. The number of nitrogens with zero attached hydrogens (tertiary/aromatic N) is 2. The first-order valence-corrected chi connectivity index (χ1v) is 6.42. The minimum absolute atomic E-state index is 0.263. The number of aryl methyl sites for hydroxylation is 1. The third kappa shape index (κ3) is 2.60. The maximum absolute atomic E-state index is 12.2. The number of rotatable bonds is 2. The zero-order valence-corrected chi connectivity index (χ0v) is 11.3. The van der Waals surface area contributed by atoms with E-state index in [1.165, 1.54) is 0 Å². The highest BCUT2D eigenvalue weighted by Crippen LogP contribution is 2.18. The maximum atomic E-state index is 12.2. The molecule has 0 spiro atoms. The van der Waals surface area contributed by atoms with Gasteiger partial charge in [0.15, 0.2) is 0 Å². The summed E-state index contributed by atoms with van der Waals surface area (Å²) >= 11 is 0. The molecule has 0 saturated heterocycles. The van der Waals surface area contributed by atoms with Crippen molar-refractivity contribution in [3.05, 3.63) is 59.4 Å². The van der Waals surface area contributed by atoms with E-state index in [2.05, 4.69) is 15.3 Å². The van der Waals surface area contributed by atoms with E-state index in [0.717, 1.165) is 16.7 Å². The third-order valence-electron chi connectivity index (χ3n) is 3.12. The molecular weight excluding hydrogens is 264 g/mol. The molecule has 1 amide bonds. The second kappa shape index (κ2) is 5.10. The summed E-state index contributed by atoms with van der Waals surface area (Å²) in [5.74, 6) is -0.263. The molecule has 0 aliphatic heterocycles. The molecule has 102 valence electrons. The number of aromatic amines is 1. The largest absolute Gasteiger partial charge is 0.344 e. The van der Waals surface area contributed by atoms with Crippen molar-refractivity contribution in [3.63, 3.8) is 0 Å². The minimum Gasteiger partial charge on any atom is -0.344 e. The van der Waals surface area contributed by atoms with Crippen LogP contribution in [-0.2, 0) is 0 Å². The van der Waals surface area contributed by atoms with Gasteiger partial charge in [-0.3, -0.25) is 4.79 Å². The van der Waals surface area contributed by atoms with E-state index in [9.17, 15) is 4.79 Å². The van der Waals surface area contributed by atoms with Crippen LogP contribution in [0.3, 0.4) is 0 Å². The van der Waals surface area contributed by atoms with E-state index in [4.69, 9.17) is 5.26 Å². The summed E-state index contributed by atoms with van der Waals surface area (Å²) in [6.07, 6.45) is 1.60. The lowest BCUT2D eigenvalue weighted by molar-refractivity contribution is 0.102. The van der Waals surface area contributed by atoms with Crippen LogP contribution in [0.25, 0.3) is 11.0 Å². The SMILES string of the molecule is Cc1cc2cc(NC(=O)c3cccc(C#N)c3)cnc2[nH]1. The predicted molar refractivity (Wildman–Crippen MR) is 79.9 cm³/mol. The summed E-state index contributed by atoms with van der Waals surface area (Å²) in [6, 6.07) is 12.4. The zero-order valence-electron chi connectivity index (χ0n) is 11.3. The maximum Gasteiger partial charge on any atom is 0.255 e. The fourth-order valence-electron chi connectivity index (χ4n) is 2.15. The first-order valence-electron chi connectivity index (χ1n) is 6.42. The summed E-state index contributed by atoms with van der Waals surface area (Å²) in [5, 5.41) is 12.6. The molecule has 0 aliphatic carbocycles. The lowest BCUT2D eigenvalue weighted by atomic mass is 10.1. The Bertz CT molecular complexity index is 873. The van der Waals surface area contributed by atoms with Gasteiger partial charge in [0, 0.05) is 16.6 Å². The standard InChI is InChI=1S/C16H12N4O/c1-10-5-13-7-14(9-18-15(13)19-10)20-16(21)12-4-2-3-11(6-12)8-17/h2-7,9H,1H3,(H,18,19)(H,20,21). The highest BCUT2D eigenvalue weighted by molar-refractivity contribution is 6.05. The van der Waals surface area contributed by atoms with E-state index >= 15 is 0 Å². The van der Waals surface area contributed by atoms with E-state index in [-0.39, 0.29) is 5.91 Å². The number of aromatic nitrogens is 2. The molecule has 5 heteroatoms. The van der Waals surface area contributed by atoms with Gasteiger partial charge in [0.1, 0.15) is 5.65 Å². The van der Waals surface area contributed by atoms with E-state index in [1.54, 1.807) is 30.5 Å². The molecule has 0 unspecified atom stereocenters. The van der Waals surface area contributed by atoms with Crippen LogP contribution in [-0.4, -0.2) is 15.9 Å². The Morgan fingerprint density at radius 3 is 3.00 bits per heavy atom. The van der Waals surface area contributed by atoms with Crippen molar-refractivity contribution in [2.45, 2.75) is 6.92 Å². The number of anilines is 1. The molecule has 0 bridgehead atoms. The Morgan fingerprint density at radius 2 is 2.19 bits per heavy atom. The van der Waals surface area contributed by atoms with Gasteiger partial charge < -0.3 is 10.3 Å². The summed E-state index contributed by atoms with van der Waals surface area (Å²) in [4.78, 5) is 19.6. The van der Waals surface area contributed by atoms with Crippen molar-refractivity contribution in [2.75, 3.05) is 5.32 Å². The van der Waals surface area contributed by atoms with Gasteiger partial charge in [0.25, 0.3) is 5.91 Å². The number of carbonyl (C=O) groups is 1. The van der Waals surface area contributed by atoms with Crippen LogP contribution in [0.1, 0.15) is 21.6 Å². The highest BCUT2D eigenvalue weighted by atomic mass is 16.1. The van der Waals surface area contributed by atoms with Crippen LogP contribution in [0, 0.1) is 18.3 Å². The van der Waals surface area contributed by atoms with Crippen molar-refractivity contribution < 1.29 is 4.79 Å². The number of hydrogen-bond donors (Lipinski definition) is 2. The minimum atomic E-state index is -0.263. The van der Waals surface area contributed by atoms with Gasteiger partial charge in [0.05, 0.1) is 23.5 Å². The number of nitriles is 1. The zero-order chi connectivity index (χ0) is 14.8. The molecule has 5 nitrogen and oxygen atoms in total. The second-order valence-corrected chi connectivity index (χ2v) is 4.76. The fraction of sp³-hybridized carbons (Fsp3) is 0.0625. The second-order valence-electron chi connectivity index (χ2n) is 4.76. The molecule has 21 heavy (non-hydrogen) atoms. The Hall–Kier alpha value is -3.13. The summed E-state index contributed by atoms with van der Waals surface area (Å²) in [7, 11) is 0. The third-order valence-corrected chi connectivity index (χ3v) is 3.12. The number of benzene rings is 1. The molecule has 1 aromatic carbocycles. The molecule has 2 aromatic heterocycles. The molecule has 0 atom stereocenters. The number of hydrogen-bond acceptors (Lipinski definition) is 3. The van der Waals surface area contributed by atoms with Crippen LogP contribution in [0.15, 0.2) is 42.6 Å². The molecule has 2 N–H and O–H groups in total. The topological polar surface area (TPSA) is 81.6 Å². The van der Waals surface area contributed by atoms with Crippen LogP contribution in [0.4, 0.5) is 5.69 Å². The van der Waals surface area contributed by atoms with Gasteiger partial charge >= 0.3 is 0 Å². The Kier molecular flexibility index (Phi) is 3.13. The van der Waals surface area contributed by atoms with Gasteiger partial charge in [-0.2, -0.15) is 5.26 Å². The van der Waals surface area contributed by atoms with Crippen molar-refractivity contribution in [1.82, 2.24) is 9.97 Å². The summed E-state index contributed by atoms with van der Waals surface area (Å²) in [6.45, 7) is 1.95. The number of nitrogens with one attached hydrogen (secondary N) is 2. The number of H-pyrrole nitrogens is 1. The monoisotopic (exact) mass is 276 g/mol. The van der Waals surface area contributed by atoms with Gasteiger partial charge in [-0.05, 0) is 37.3 Å². The fourth-order valence-corrected chi connectivity index (χ4v) is 2.15. The molecule has 0 radical (unpaired) electrons. The van der Waals surface area contributed by atoms with Crippen molar-refractivity contribution in [2.24, 2.45) is 0 Å². The Morgan fingerprint density at radius 1 is 1.33 bits per heavy atom. The van der Waals surface area contributed by atoms with E-state index in [1.807, 2.05) is 25.1 Å². The summed E-state index contributed by atoms with van der Waals surface area (Å²) < 4.78 is 0. The van der Waals surface area contributed by atoms with Gasteiger partial charge in [-0.1, -0.05) is 6.07 Å². The van der Waals surface area contributed by atoms with Crippen molar-refractivity contribution >= 4 is 22.6 Å².